The number of benzene rings is 2. The van der Waals surface area contributed by atoms with Gasteiger partial charge < -0.3 is 9.30 Å². The van der Waals surface area contributed by atoms with Crippen molar-refractivity contribution in [1.29, 1.82) is 0 Å². The highest BCUT2D eigenvalue weighted by atomic mass is 32.1. The van der Waals surface area contributed by atoms with E-state index < -0.39 is 0 Å². The average molecular weight is 401 g/mol. The number of aryl methyl sites for hydroxylation is 2. The molecule has 0 amide bonds. The summed E-state index contributed by atoms with van der Waals surface area (Å²) in [5, 5.41) is 0. The van der Waals surface area contributed by atoms with Crippen LogP contribution in [0.5, 0.6) is 5.75 Å². The molecule has 5 aromatic rings. The first-order chi connectivity index (χ1) is 14.0. The summed E-state index contributed by atoms with van der Waals surface area (Å²) in [5.74, 6) is 0.810. The number of thiazole rings is 1. The summed E-state index contributed by atoms with van der Waals surface area (Å²) in [6, 6.07) is 15.9. The molecule has 29 heavy (non-hydrogen) atoms. The third kappa shape index (κ3) is 2.84. The summed E-state index contributed by atoms with van der Waals surface area (Å²) in [4.78, 5) is 18.5. The second-order valence-corrected chi connectivity index (χ2v) is 8.08. The third-order valence-electron chi connectivity index (χ3n) is 5.26. The summed E-state index contributed by atoms with van der Waals surface area (Å²) in [6.45, 7) is 4.12. The van der Waals surface area contributed by atoms with Gasteiger partial charge in [-0.05, 0) is 79.6 Å². The fourth-order valence-electron chi connectivity index (χ4n) is 3.54. The van der Waals surface area contributed by atoms with Gasteiger partial charge in [-0.25, -0.2) is 9.38 Å². The molecule has 5 rings (SSSR count). The highest BCUT2D eigenvalue weighted by Crippen LogP contribution is 2.21. The minimum atomic E-state index is -0.0294. The molecule has 3 aromatic heterocycles. The first-order valence-electron chi connectivity index (χ1n) is 9.31. The molecule has 0 bridgehead atoms. The van der Waals surface area contributed by atoms with Crippen molar-refractivity contribution in [2.24, 2.45) is 0 Å². The van der Waals surface area contributed by atoms with Gasteiger partial charge in [0.05, 0.1) is 22.7 Å². The highest BCUT2D eigenvalue weighted by molar-refractivity contribution is 7.15. The number of nitrogens with zero attached hydrogens (tertiary/aromatic N) is 3. The van der Waals surface area contributed by atoms with Crippen molar-refractivity contribution in [2.45, 2.75) is 13.8 Å². The molecule has 0 saturated heterocycles. The van der Waals surface area contributed by atoms with Gasteiger partial charge >= 0.3 is 0 Å². The van der Waals surface area contributed by atoms with Crippen LogP contribution in [0.1, 0.15) is 16.8 Å². The highest BCUT2D eigenvalue weighted by Gasteiger charge is 2.13. The lowest BCUT2D eigenvalue weighted by Gasteiger charge is -2.07. The Kier molecular flexibility index (Phi) is 4.03. The summed E-state index contributed by atoms with van der Waals surface area (Å²) < 4.78 is 9.67. The van der Waals surface area contributed by atoms with Crippen molar-refractivity contribution in [3.05, 3.63) is 86.4 Å². The van der Waals surface area contributed by atoms with Crippen molar-refractivity contribution >= 4 is 33.4 Å². The molecule has 0 spiro atoms. The number of imidazole rings is 1. The molecule has 6 heteroatoms. The zero-order valence-corrected chi connectivity index (χ0v) is 17.2. The van der Waals surface area contributed by atoms with E-state index in [-0.39, 0.29) is 5.56 Å². The van der Waals surface area contributed by atoms with Gasteiger partial charge in [0.15, 0.2) is 4.96 Å². The molecule has 2 aromatic carbocycles. The fourth-order valence-corrected chi connectivity index (χ4v) is 4.51. The van der Waals surface area contributed by atoms with E-state index in [0.29, 0.717) is 4.53 Å². The van der Waals surface area contributed by atoms with E-state index in [2.05, 4.69) is 18.8 Å². The van der Waals surface area contributed by atoms with E-state index in [9.17, 15) is 4.79 Å². The topological polar surface area (TPSA) is 48.5 Å². The van der Waals surface area contributed by atoms with E-state index in [1.54, 1.807) is 11.5 Å². The molecule has 0 radical (unpaired) electrons. The van der Waals surface area contributed by atoms with Crippen molar-refractivity contribution in [2.75, 3.05) is 7.11 Å². The monoisotopic (exact) mass is 401 g/mol. The van der Waals surface area contributed by atoms with E-state index in [0.717, 1.165) is 38.7 Å². The lowest BCUT2D eigenvalue weighted by molar-refractivity contribution is 0.414. The SMILES string of the molecule is COc1ccc(-n2cccc2C=c2sc3nc4cc(C)c(C)cc4n3c2=O)cc1. The van der Waals surface area contributed by atoms with Gasteiger partial charge in [-0.1, -0.05) is 11.3 Å². The van der Waals surface area contributed by atoms with Crippen LogP contribution in [0.3, 0.4) is 0 Å². The molecule has 0 aliphatic carbocycles. The molecule has 0 unspecified atom stereocenters. The van der Waals surface area contributed by atoms with Crippen LogP contribution in [0.4, 0.5) is 0 Å². The number of methoxy groups -OCH3 is 1. The van der Waals surface area contributed by atoms with Crippen LogP contribution >= 0.6 is 11.3 Å². The molecule has 0 atom stereocenters. The van der Waals surface area contributed by atoms with Crippen molar-refractivity contribution in [3.63, 3.8) is 0 Å². The van der Waals surface area contributed by atoms with Gasteiger partial charge in [-0.3, -0.25) is 4.79 Å². The number of hydrogen-bond donors (Lipinski definition) is 0. The zero-order valence-electron chi connectivity index (χ0n) is 16.3. The van der Waals surface area contributed by atoms with Crippen molar-refractivity contribution in [3.8, 4) is 11.4 Å². The number of aromatic nitrogens is 3. The first-order valence-corrected chi connectivity index (χ1v) is 10.1. The lowest BCUT2D eigenvalue weighted by Crippen LogP contribution is -2.23. The Morgan fingerprint density at radius 3 is 2.59 bits per heavy atom. The van der Waals surface area contributed by atoms with Crippen LogP contribution in [-0.4, -0.2) is 21.1 Å². The maximum absolute atomic E-state index is 13.1. The molecule has 0 fully saturated rings. The molecular formula is C23H19N3O2S. The second-order valence-electron chi connectivity index (χ2n) is 7.07. The maximum Gasteiger partial charge on any atom is 0.275 e. The molecule has 0 aliphatic rings. The van der Waals surface area contributed by atoms with Crippen LogP contribution in [0.15, 0.2) is 59.5 Å². The number of fused-ring (bicyclic) bond motifs is 3. The van der Waals surface area contributed by atoms with Crippen LogP contribution in [0.2, 0.25) is 0 Å². The van der Waals surface area contributed by atoms with E-state index in [1.807, 2.05) is 65.4 Å². The van der Waals surface area contributed by atoms with Crippen LogP contribution in [0, 0.1) is 13.8 Å². The number of ether oxygens (including phenoxy) is 1. The van der Waals surface area contributed by atoms with Crippen LogP contribution in [-0.2, 0) is 0 Å². The maximum atomic E-state index is 13.1. The van der Waals surface area contributed by atoms with Crippen molar-refractivity contribution in [1.82, 2.24) is 14.0 Å². The number of hydrogen-bond acceptors (Lipinski definition) is 4. The minimum Gasteiger partial charge on any atom is -0.497 e. The molecule has 5 nitrogen and oxygen atoms in total. The predicted octanol–water partition coefficient (Wildman–Crippen LogP) is 3.87. The quantitative estimate of drug-likeness (QED) is 0.461. The van der Waals surface area contributed by atoms with E-state index in [4.69, 9.17) is 4.74 Å². The minimum absolute atomic E-state index is 0.0294. The first kappa shape index (κ1) is 17.7. The lowest BCUT2D eigenvalue weighted by atomic mass is 10.1. The molecule has 0 aliphatic heterocycles. The van der Waals surface area contributed by atoms with Gasteiger partial charge in [0.25, 0.3) is 5.56 Å². The standard InChI is InChI=1S/C23H19N3O2S/c1-14-11-19-20(12-15(14)2)26-22(27)21(29-23(26)24-19)13-17-5-4-10-25(17)16-6-8-18(28-3)9-7-16/h4-13H,1-3H3. The third-order valence-corrected chi connectivity index (χ3v) is 6.23. The fraction of sp³-hybridized carbons (Fsp3) is 0.130. The Balaban J connectivity index is 1.67. The van der Waals surface area contributed by atoms with Gasteiger partial charge in [0.1, 0.15) is 5.75 Å². The van der Waals surface area contributed by atoms with Gasteiger partial charge in [-0.15, -0.1) is 0 Å². The molecule has 3 heterocycles. The summed E-state index contributed by atoms with van der Waals surface area (Å²) in [5.41, 5.74) is 5.99. The summed E-state index contributed by atoms with van der Waals surface area (Å²) in [7, 11) is 1.65. The Morgan fingerprint density at radius 2 is 1.83 bits per heavy atom. The summed E-state index contributed by atoms with van der Waals surface area (Å²) in [6.07, 6.45) is 3.91. The Morgan fingerprint density at radius 1 is 1.07 bits per heavy atom. The van der Waals surface area contributed by atoms with Crippen molar-refractivity contribution < 1.29 is 4.74 Å². The van der Waals surface area contributed by atoms with Gasteiger partial charge in [0, 0.05) is 17.6 Å². The van der Waals surface area contributed by atoms with Gasteiger partial charge in [0.2, 0.25) is 0 Å². The van der Waals surface area contributed by atoms with E-state index >= 15 is 0 Å². The van der Waals surface area contributed by atoms with E-state index in [1.165, 1.54) is 16.9 Å². The Bertz CT molecular complexity index is 1470. The van der Waals surface area contributed by atoms with Crippen LogP contribution < -0.4 is 14.8 Å². The largest absolute Gasteiger partial charge is 0.497 e. The van der Waals surface area contributed by atoms with Crippen LogP contribution in [0.25, 0.3) is 27.8 Å². The average Bonchev–Trinajstić information content (AvgIpc) is 3.39. The second kappa shape index (κ2) is 6.60. The molecule has 144 valence electrons. The summed E-state index contributed by atoms with van der Waals surface area (Å²) >= 11 is 1.42. The Hall–Kier alpha value is -3.38. The Labute approximate surface area is 171 Å². The predicted molar refractivity (Wildman–Crippen MR) is 117 cm³/mol. The molecule has 0 N–H and O–H groups in total. The molecule has 0 saturated carbocycles. The molecular weight excluding hydrogens is 382 g/mol. The zero-order chi connectivity index (χ0) is 20.1. The normalized spacial score (nSPS) is 12.3. The number of rotatable bonds is 3. The van der Waals surface area contributed by atoms with Gasteiger partial charge in [-0.2, -0.15) is 0 Å². The smallest absolute Gasteiger partial charge is 0.275 e.